The van der Waals surface area contributed by atoms with E-state index in [0.29, 0.717) is 40.1 Å². The molecule has 0 fully saturated rings. The first kappa shape index (κ1) is 26.3. The number of methoxy groups -OCH3 is 3. The number of ether oxygens (including phenoxy) is 3. The highest BCUT2D eigenvalue weighted by molar-refractivity contribution is 8.16. The van der Waals surface area contributed by atoms with Crippen LogP contribution in [0.4, 0.5) is 4.39 Å². The highest BCUT2D eigenvalue weighted by Gasteiger charge is 2.41. The molecule has 1 atom stereocenters. The Balaban J connectivity index is 1.66. The Labute approximate surface area is 219 Å². The van der Waals surface area contributed by atoms with Gasteiger partial charge in [-0.2, -0.15) is 0 Å². The summed E-state index contributed by atoms with van der Waals surface area (Å²) in [5, 5.41) is 5.42. The molecule has 194 valence electrons. The fourth-order valence-electron chi connectivity index (χ4n) is 4.28. The Hall–Kier alpha value is -3.79. The number of nitrogens with one attached hydrogen (secondary N) is 1. The molecule has 0 unspecified atom stereocenters. The van der Waals surface area contributed by atoms with Crippen molar-refractivity contribution >= 4 is 28.8 Å². The molecule has 0 saturated heterocycles. The van der Waals surface area contributed by atoms with Crippen LogP contribution in [0.2, 0.25) is 0 Å². The number of carbonyl (C=O) groups excluding carboxylic acids is 2. The van der Waals surface area contributed by atoms with Crippen LogP contribution in [-0.2, 0) is 20.9 Å². The van der Waals surface area contributed by atoms with Gasteiger partial charge in [0.15, 0.2) is 16.7 Å². The van der Waals surface area contributed by atoms with E-state index in [2.05, 4.69) is 5.32 Å². The van der Waals surface area contributed by atoms with Crippen LogP contribution in [0.1, 0.15) is 36.9 Å². The number of allylic oxidation sites excluding steroid dienone is 1. The van der Waals surface area contributed by atoms with Crippen molar-refractivity contribution in [2.24, 2.45) is 4.99 Å². The standard InChI is InChI=1S/C27H28FN3O5S/c1-5-20-24(26(33)36-4)25(17-8-11-21(34-2)22(12-17)35-3)31-19(15-37-27(31)30-20)13-23(32)29-14-16-6-9-18(28)10-7-16/h6-12,15,25H,5,13-14H2,1-4H3,(H,29,32)/t25-/m0/s1. The lowest BCUT2D eigenvalue weighted by Crippen LogP contribution is -2.38. The average molecular weight is 526 g/mol. The number of hydrogen-bond donors (Lipinski definition) is 1. The van der Waals surface area contributed by atoms with Crippen molar-refractivity contribution in [3.05, 3.63) is 81.8 Å². The van der Waals surface area contributed by atoms with E-state index in [0.717, 1.165) is 11.1 Å². The number of esters is 1. The van der Waals surface area contributed by atoms with Crippen molar-refractivity contribution in [3.63, 3.8) is 0 Å². The molecule has 2 aliphatic heterocycles. The molecule has 4 rings (SSSR count). The lowest BCUT2D eigenvalue weighted by molar-refractivity contribution is -0.136. The maximum Gasteiger partial charge on any atom is 0.338 e. The average Bonchev–Trinajstić information content (AvgIpc) is 3.32. The molecule has 2 heterocycles. The summed E-state index contributed by atoms with van der Waals surface area (Å²) in [5.41, 5.74) is 3.27. The molecule has 2 aromatic rings. The number of amidine groups is 1. The van der Waals surface area contributed by atoms with Crippen LogP contribution in [0.3, 0.4) is 0 Å². The van der Waals surface area contributed by atoms with Gasteiger partial charge in [-0.1, -0.05) is 36.9 Å². The summed E-state index contributed by atoms with van der Waals surface area (Å²) in [6.45, 7) is 2.20. The van der Waals surface area contributed by atoms with Crippen LogP contribution >= 0.6 is 11.8 Å². The second-order valence-corrected chi connectivity index (χ2v) is 9.13. The number of carbonyl (C=O) groups is 2. The second-order valence-electron chi connectivity index (χ2n) is 8.29. The van der Waals surface area contributed by atoms with Gasteiger partial charge < -0.3 is 24.4 Å². The lowest BCUT2D eigenvalue weighted by atomic mass is 9.92. The molecular formula is C27H28FN3O5S. The first-order valence-corrected chi connectivity index (χ1v) is 12.6. The predicted octanol–water partition coefficient (Wildman–Crippen LogP) is 4.69. The SMILES string of the molecule is CCC1=C(C(=O)OC)[C@H](c2ccc(OC)c(OC)c2)N2C(CC(=O)NCc3ccc(F)cc3)=CSC2=N1. The quantitative estimate of drug-likeness (QED) is 0.475. The molecule has 0 saturated carbocycles. The summed E-state index contributed by atoms with van der Waals surface area (Å²) >= 11 is 1.40. The number of fused-ring (bicyclic) bond motifs is 1. The zero-order chi connectivity index (χ0) is 26.5. The van der Waals surface area contributed by atoms with E-state index in [-0.39, 0.29) is 24.7 Å². The number of aliphatic imine (C=N–C) groups is 1. The zero-order valence-corrected chi connectivity index (χ0v) is 21.9. The van der Waals surface area contributed by atoms with E-state index in [4.69, 9.17) is 19.2 Å². The van der Waals surface area contributed by atoms with Gasteiger partial charge in [-0.15, -0.1) is 0 Å². The molecule has 0 aromatic heterocycles. The van der Waals surface area contributed by atoms with E-state index in [1.807, 2.05) is 29.4 Å². The Morgan fingerprint density at radius 1 is 1.08 bits per heavy atom. The molecule has 37 heavy (non-hydrogen) atoms. The first-order chi connectivity index (χ1) is 17.9. The summed E-state index contributed by atoms with van der Waals surface area (Å²) in [5.74, 6) is 0.0369. The van der Waals surface area contributed by atoms with Crippen molar-refractivity contribution in [2.75, 3.05) is 21.3 Å². The van der Waals surface area contributed by atoms with Crippen molar-refractivity contribution in [1.82, 2.24) is 10.2 Å². The maximum absolute atomic E-state index is 13.2. The molecule has 0 aliphatic carbocycles. The lowest BCUT2D eigenvalue weighted by Gasteiger charge is -2.36. The molecule has 8 nitrogen and oxygen atoms in total. The third-order valence-electron chi connectivity index (χ3n) is 6.10. The van der Waals surface area contributed by atoms with Gasteiger partial charge in [-0.05, 0) is 47.2 Å². The molecular weight excluding hydrogens is 497 g/mol. The van der Waals surface area contributed by atoms with E-state index in [1.54, 1.807) is 32.4 Å². The molecule has 0 bridgehead atoms. The fourth-order valence-corrected chi connectivity index (χ4v) is 5.22. The molecule has 0 spiro atoms. The number of thioether (sulfide) groups is 1. The summed E-state index contributed by atoms with van der Waals surface area (Å²) in [6, 6.07) is 10.8. The highest BCUT2D eigenvalue weighted by Crippen LogP contribution is 2.46. The molecule has 10 heteroatoms. The monoisotopic (exact) mass is 525 g/mol. The number of halogens is 1. The van der Waals surface area contributed by atoms with E-state index in [9.17, 15) is 14.0 Å². The summed E-state index contributed by atoms with van der Waals surface area (Å²) < 4.78 is 29.2. The minimum atomic E-state index is -0.583. The Kier molecular flexibility index (Phi) is 8.17. The summed E-state index contributed by atoms with van der Waals surface area (Å²) in [4.78, 5) is 32.6. The highest BCUT2D eigenvalue weighted by atomic mass is 32.2. The minimum Gasteiger partial charge on any atom is -0.493 e. The van der Waals surface area contributed by atoms with E-state index < -0.39 is 12.0 Å². The largest absolute Gasteiger partial charge is 0.493 e. The Bertz CT molecular complexity index is 1290. The fraction of sp³-hybridized carbons (Fsp3) is 0.296. The number of hydrogen-bond acceptors (Lipinski definition) is 8. The van der Waals surface area contributed by atoms with Crippen molar-refractivity contribution < 1.29 is 28.2 Å². The van der Waals surface area contributed by atoms with Gasteiger partial charge >= 0.3 is 5.97 Å². The number of amides is 1. The molecule has 0 radical (unpaired) electrons. The second kappa shape index (κ2) is 11.5. The smallest absolute Gasteiger partial charge is 0.338 e. The Morgan fingerprint density at radius 3 is 2.46 bits per heavy atom. The third kappa shape index (κ3) is 5.48. The normalized spacial score (nSPS) is 16.6. The van der Waals surface area contributed by atoms with Gasteiger partial charge in [0.2, 0.25) is 5.91 Å². The first-order valence-electron chi connectivity index (χ1n) is 11.7. The third-order valence-corrected chi connectivity index (χ3v) is 6.99. The van der Waals surface area contributed by atoms with Crippen LogP contribution < -0.4 is 14.8 Å². The number of nitrogens with zero attached hydrogens (tertiary/aromatic N) is 2. The minimum absolute atomic E-state index is 0.0624. The van der Waals surface area contributed by atoms with Crippen molar-refractivity contribution in [1.29, 1.82) is 0 Å². The van der Waals surface area contributed by atoms with Crippen LogP contribution in [0, 0.1) is 5.82 Å². The molecule has 2 aromatic carbocycles. The van der Waals surface area contributed by atoms with E-state index >= 15 is 0 Å². The molecule has 1 N–H and O–H groups in total. The number of benzene rings is 2. The predicted molar refractivity (Wildman–Crippen MR) is 139 cm³/mol. The van der Waals surface area contributed by atoms with Crippen LogP contribution in [0.5, 0.6) is 11.5 Å². The van der Waals surface area contributed by atoms with Crippen LogP contribution in [0.25, 0.3) is 0 Å². The van der Waals surface area contributed by atoms with Gasteiger partial charge in [0, 0.05) is 12.2 Å². The molecule has 2 aliphatic rings. The molecule has 1 amide bonds. The van der Waals surface area contributed by atoms with Crippen molar-refractivity contribution in [3.8, 4) is 11.5 Å². The summed E-state index contributed by atoms with van der Waals surface area (Å²) in [7, 11) is 4.44. The van der Waals surface area contributed by atoms with E-state index in [1.165, 1.54) is 31.0 Å². The van der Waals surface area contributed by atoms with Gasteiger partial charge in [-0.3, -0.25) is 4.79 Å². The summed E-state index contributed by atoms with van der Waals surface area (Å²) in [6.07, 6.45) is 0.590. The Morgan fingerprint density at radius 2 is 1.81 bits per heavy atom. The van der Waals surface area contributed by atoms with Gasteiger partial charge in [0.05, 0.1) is 45.1 Å². The zero-order valence-electron chi connectivity index (χ0n) is 21.0. The van der Waals surface area contributed by atoms with Gasteiger partial charge in [0.25, 0.3) is 0 Å². The topological polar surface area (TPSA) is 89.5 Å². The van der Waals surface area contributed by atoms with Crippen LogP contribution in [0.15, 0.2) is 69.8 Å². The maximum atomic E-state index is 13.2. The number of rotatable bonds is 9. The van der Waals surface area contributed by atoms with Gasteiger partial charge in [0.1, 0.15) is 5.82 Å². The van der Waals surface area contributed by atoms with Gasteiger partial charge in [-0.25, -0.2) is 14.2 Å². The van der Waals surface area contributed by atoms with Crippen LogP contribution in [-0.4, -0.2) is 43.3 Å². The van der Waals surface area contributed by atoms with Crippen molar-refractivity contribution in [2.45, 2.75) is 32.4 Å².